The Morgan fingerprint density at radius 2 is 1.59 bits per heavy atom. The van der Waals surface area contributed by atoms with E-state index in [-0.39, 0.29) is 11.9 Å². The highest BCUT2D eigenvalue weighted by Gasteiger charge is 2.46. The number of carbonyl (C=O) groups excluding carboxylic acids is 1. The summed E-state index contributed by atoms with van der Waals surface area (Å²) in [6.45, 7) is 13.6. The van der Waals surface area contributed by atoms with E-state index < -0.39 is 8.32 Å². The topological polar surface area (TPSA) is 26.3 Å². The fraction of sp³-hybridized carbons (Fsp3) is 0.786. The van der Waals surface area contributed by atoms with Crippen LogP contribution in [0.3, 0.4) is 0 Å². The summed E-state index contributed by atoms with van der Waals surface area (Å²) in [5.41, 5.74) is 1.73. The first kappa shape index (κ1) is 14.6. The monoisotopic (exact) mass is 254 g/mol. The van der Waals surface area contributed by atoms with Crippen molar-refractivity contribution in [2.75, 3.05) is 0 Å². The SMILES string of the molecule is CC(C)[Si](O[C@H]1C=CC(=O)C1)(C(C)C)C(C)C. The first-order valence-corrected chi connectivity index (χ1v) is 8.83. The third-order valence-electron chi connectivity index (χ3n) is 3.96. The van der Waals surface area contributed by atoms with E-state index in [0.29, 0.717) is 23.0 Å². The molecule has 0 saturated heterocycles. The zero-order valence-electron chi connectivity index (χ0n) is 12.0. The fourth-order valence-corrected chi connectivity index (χ4v) is 8.80. The molecule has 1 atom stereocenters. The second-order valence-electron chi connectivity index (χ2n) is 6.00. The minimum absolute atomic E-state index is 0.0290. The first-order valence-electron chi connectivity index (χ1n) is 6.69. The van der Waals surface area contributed by atoms with Gasteiger partial charge >= 0.3 is 0 Å². The van der Waals surface area contributed by atoms with Gasteiger partial charge in [0.15, 0.2) is 5.78 Å². The van der Waals surface area contributed by atoms with E-state index in [1.807, 2.05) is 6.08 Å². The van der Waals surface area contributed by atoms with E-state index in [2.05, 4.69) is 41.5 Å². The average molecular weight is 254 g/mol. The molecule has 1 rings (SSSR count). The molecular formula is C14H26O2Si. The van der Waals surface area contributed by atoms with Crippen molar-refractivity contribution in [2.45, 2.75) is 70.7 Å². The van der Waals surface area contributed by atoms with E-state index in [4.69, 9.17) is 4.43 Å². The maximum atomic E-state index is 11.3. The van der Waals surface area contributed by atoms with Crippen LogP contribution >= 0.6 is 0 Å². The third-order valence-corrected chi connectivity index (χ3v) is 10.1. The zero-order valence-corrected chi connectivity index (χ0v) is 13.0. The Morgan fingerprint density at radius 3 is 1.88 bits per heavy atom. The summed E-state index contributed by atoms with van der Waals surface area (Å²) in [4.78, 5) is 11.3. The second kappa shape index (κ2) is 5.49. The number of hydrogen-bond acceptors (Lipinski definition) is 2. The van der Waals surface area contributed by atoms with Crippen LogP contribution in [0.15, 0.2) is 12.2 Å². The molecular weight excluding hydrogens is 228 g/mol. The van der Waals surface area contributed by atoms with Gasteiger partial charge in [0.1, 0.15) is 0 Å². The average Bonchev–Trinajstić information content (AvgIpc) is 2.58. The van der Waals surface area contributed by atoms with Crippen molar-refractivity contribution in [3.63, 3.8) is 0 Å². The molecule has 2 nitrogen and oxygen atoms in total. The summed E-state index contributed by atoms with van der Waals surface area (Å²) in [6.07, 6.45) is 4.18. The van der Waals surface area contributed by atoms with E-state index in [1.54, 1.807) is 6.08 Å². The van der Waals surface area contributed by atoms with Crippen LogP contribution in [0.25, 0.3) is 0 Å². The zero-order chi connectivity index (χ0) is 13.2. The second-order valence-corrected chi connectivity index (χ2v) is 11.4. The maximum Gasteiger partial charge on any atom is 0.201 e. The summed E-state index contributed by atoms with van der Waals surface area (Å²) in [5, 5.41) is 0. The standard InChI is InChI=1S/C14H26O2Si/c1-10(2)17(11(3)4,12(5)6)16-14-8-7-13(15)9-14/h7-8,10-12,14H,9H2,1-6H3/t14-/m0/s1. The third kappa shape index (κ3) is 2.88. The highest BCUT2D eigenvalue weighted by atomic mass is 28.4. The first-order chi connectivity index (χ1) is 7.80. The van der Waals surface area contributed by atoms with Crippen molar-refractivity contribution in [3.05, 3.63) is 12.2 Å². The van der Waals surface area contributed by atoms with Gasteiger partial charge in [-0.3, -0.25) is 4.79 Å². The molecule has 0 heterocycles. The van der Waals surface area contributed by atoms with Gasteiger partial charge in [0, 0.05) is 6.42 Å². The van der Waals surface area contributed by atoms with Crippen LogP contribution in [-0.2, 0) is 9.22 Å². The molecule has 1 aliphatic rings. The van der Waals surface area contributed by atoms with E-state index in [1.165, 1.54) is 0 Å². The van der Waals surface area contributed by atoms with Crippen molar-refractivity contribution in [2.24, 2.45) is 0 Å². The van der Waals surface area contributed by atoms with Gasteiger partial charge in [-0.25, -0.2) is 0 Å². The molecule has 0 radical (unpaired) electrons. The highest BCUT2D eigenvalue weighted by molar-refractivity contribution is 6.77. The Morgan fingerprint density at radius 1 is 1.12 bits per heavy atom. The molecule has 0 unspecified atom stereocenters. The number of ketones is 1. The van der Waals surface area contributed by atoms with Gasteiger partial charge < -0.3 is 4.43 Å². The minimum Gasteiger partial charge on any atom is -0.409 e. The molecule has 0 N–H and O–H groups in total. The van der Waals surface area contributed by atoms with Gasteiger partial charge in [-0.15, -0.1) is 0 Å². The lowest BCUT2D eigenvalue weighted by Gasteiger charge is -2.43. The molecule has 0 bridgehead atoms. The van der Waals surface area contributed by atoms with Crippen LogP contribution in [-0.4, -0.2) is 20.2 Å². The lowest BCUT2D eigenvalue weighted by molar-refractivity contribution is -0.114. The molecule has 0 aromatic carbocycles. The Balaban J connectivity index is 2.90. The lowest BCUT2D eigenvalue weighted by atomic mass is 10.3. The van der Waals surface area contributed by atoms with Crippen molar-refractivity contribution in [1.29, 1.82) is 0 Å². The normalized spacial score (nSPS) is 21.2. The van der Waals surface area contributed by atoms with Gasteiger partial charge in [-0.2, -0.15) is 0 Å². The van der Waals surface area contributed by atoms with Crippen molar-refractivity contribution in [3.8, 4) is 0 Å². The summed E-state index contributed by atoms with van der Waals surface area (Å²) < 4.78 is 6.49. The maximum absolute atomic E-state index is 11.3. The van der Waals surface area contributed by atoms with Crippen molar-refractivity contribution in [1.82, 2.24) is 0 Å². The van der Waals surface area contributed by atoms with Crippen molar-refractivity contribution < 1.29 is 9.22 Å². The molecule has 0 aromatic heterocycles. The van der Waals surface area contributed by atoms with Crippen LogP contribution in [0.5, 0.6) is 0 Å². The predicted octanol–water partition coefficient (Wildman–Crippen LogP) is 4.08. The predicted molar refractivity (Wildman–Crippen MR) is 74.7 cm³/mol. The van der Waals surface area contributed by atoms with Gasteiger partial charge in [0.05, 0.1) is 6.10 Å². The number of allylic oxidation sites excluding steroid dienone is 1. The number of hydrogen-bond donors (Lipinski definition) is 0. The van der Waals surface area contributed by atoms with E-state index >= 15 is 0 Å². The van der Waals surface area contributed by atoms with Gasteiger partial charge in [0.25, 0.3) is 0 Å². The number of rotatable bonds is 5. The molecule has 98 valence electrons. The Labute approximate surface area is 107 Å². The molecule has 0 amide bonds. The van der Waals surface area contributed by atoms with Crippen LogP contribution in [0.1, 0.15) is 48.0 Å². The summed E-state index contributed by atoms with van der Waals surface area (Å²) >= 11 is 0. The Bertz CT molecular complexity index is 284. The summed E-state index contributed by atoms with van der Waals surface area (Å²) in [6, 6.07) is 0. The summed E-state index contributed by atoms with van der Waals surface area (Å²) in [5.74, 6) is 0.203. The van der Waals surface area contributed by atoms with Crippen molar-refractivity contribution >= 4 is 14.1 Å². The van der Waals surface area contributed by atoms with Gasteiger partial charge in [-0.1, -0.05) is 47.6 Å². The molecule has 0 aromatic rings. The smallest absolute Gasteiger partial charge is 0.201 e. The quantitative estimate of drug-likeness (QED) is 0.691. The van der Waals surface area contributed by atoms with Crippen LogP contribution in [0.2, 0.25) is 16.6 Å². The molecule has 17 heavy (non-hydrogen) atoms. The van der Waals surface area contributed by atoms with Crippen LogP contribution < -0.4 is 0 Å². The molecule has 0 saturated carbocycles. The fourth-order valence-electron chi connectivity index (χ4n) is 3.30. The molecule has 1 aliphatic carbocycles. The highest BCUT2D eigenvalue weighted by Crippen LogP contribution is 2.43. The van der Waals surface area contributed by atoms with E-state index in [0.717, 1.165) is 0 Å². The van der Waals surface area contributed by atoms with Gasteiger partial charge in [0.2, 0.25) is 8.32 Å². The lowest BCUT2D eigenvalue weighted by Crippen LogP contribution is -2.49. The minimum atomic E-state index is -1.83. The molecule has 0 fully saturated rings. The van der Waals surface area contributed by atoms with Gasteiger partial charge in [-0.05, 0) is 22.7 Å². The Hall–Kier alpha value is -0.413. The van der Waals surface area contributed by atoms with E-state index in [9.17, 15) is 4.79 Å². The molecule has 0 aliphatic heterocycles. The Kier molecular flexibility index (Phi) is 4.73. The number of carbonyl (C=O) groups is 1. The molecule has 3 heteroatoms. The summed E-state index contributed by atoms with van der Waals surface area (Å²) in [7, 11) is -1.83. The van der Waals surface area contributed by atoms with Crippen LogP contribution in [0, 0.1) is 0 Å². The largest absolute Gasteiger partial charge is 0.409 e. The molecule has 0 spiro atoms. The van der Waals surface area contributed by atoms with Crippen LogP contribution in [0.4, 0.5) is 0 Å².